The average molecular weight is 260 g/mol. The molecule has 0 unspecified atom stereocenters. The molecule has 0 saturated heterocycles. The second-order valence-corrected chi connectivity index (χ2v) is 6.69. The SMILES string of the molecule is Cc1nc(NC(=O)C2C3CC4CC(C3)CC2C4)n[nH]1. The Morgan fingerprint density at radius 3 is 2.32 bits per heavy atom. The number of aromatic amines is 1. The fourth-order valence-corrected chi connectivity index (χ4v) is 4.95. The zero-order chi connectivity index (χ0) is 13.0. The molecule has 0 aliphatic heterocycles. The molecule has 19 heavy (non-hydrogen) atoms. The average Bonchev–Trinajstić information content (AvgIpc) is 2.73. The molecule has 1 heterocycles. The summed E-state index contributed by atoms with van der Waals surface area (Å²) in [4.78, 5) is 16.7. The summed E-state index contributed by atoms with van der Waals surface area (Å²) in [6.45, 7) is 1.84. The largest absolute Gasteiger partial charge is 0.293 e. The summed E-state index contributed by atoms with van der Waals surface area (Å²) < 4.78 is 0. The highest BCUT2D eigenvalue weighted by Crippen LogP contribution is 2.56. The van der Waals surface area contributed by atoms with Crippen molar-refractivity contribution in [2.24, 2.45) is 29.6 Å². The zero-order valence-electron chi connectivity index (χ0n) is 11.2. The van der Waals surface area contributed by atoms with Crippen LogP contribution in [0, 0.1) is 36.5 Å². The number of aryl methyl sites for hydroxylation is 1. The van der Waals surface area contributed by atoms with Crippen LogP contribution in [-0.2, 0) is 4.79 Å². The van der Waals surface area contributed by atoms with Crippen molar-refractivity contribution in [3.63, 3.8) is 0 Å². The minimum absolute atomic E-state index is 0.146. The van der Waals surface area contributed by atoms with E-state index in [9.17, 15) is 4.79 Å². The highest BCUT2D eigenvalue weighted by atomic mass is 16.2. The predicted octanol–water partition coefficient (Wildman–Crippen LogP) is 2.12. The Labute approximate surface area is 112 Å². The van der Waals surface area contributed by atoms with Crippen molar-refractivity contribution < 1.29 is 4.79 Å². The number of anilines is 1. The summed E-state index contributed by atoms with van der Waals surface area (Å²) in [5, 5.41) is 9.66. The van der Waals surface area contributed by atoms with Crippen molar-refractivity contribution in [3.8, 4) is 0 Å². The van der Waals surface area contributed by atoms with Crippen LogP contribution >= 0.6 is 0 Å². The Hall–Kier alpha value is -1.39. The van der Waals surface area contributed by atoms with E-state index < -0.39 is 0 Å². The molecule has 4 aliphatic rings. The second-order valence-electron chi connectivity index (χ2n) is 6.69. The van der Waals surface area contributed by atoms with Gasteiger partial charge in [0.2, 0.25) is 11.9 Å². The molecule has 0 spiro atoms. The molecule has 4 aliphatic carbocycles. The fourth-order valence-electron chi connectivity index (χ4n) is 4.95. The summed E-state index contributed by atoms with van der Waals surface area (Å²) in [5.74, 6) is 4.53. The third-order valence-corrected chi connectivity index (χ3v) is 5.36. The molecule has 1 amide bonds. The fraction of sp³-hybridized carbons (Fsp3) is 0.786. The normalized spacial score (nSPS) is 39.5. The molecule has 0 atom stereocenters. The smallest absolute Gasteiger partial charge is 0.248 e. The minimum Gasteiger partial charge on any atom is -0.293 e. The van der Waals surface area contributed by atoms with Crippen LogP contribution in [0.3, 0.4) is 0 Å². The van der Waals surface area contributed by atoms with Crippen LogP contribution in [0.5, 0.6) is 0 Å². The molecule has 4 bridgehead atoms. The third-order valence-electron chi connectivity index (χ3n) is 5.36. The van der Waals surface area contributed by atoms with Crippen LogP contribution in [0.15, 0.2) is 0 Å². The molecule has 4 saturated carbocycles. The predicted molar refractivity (Wildman–Crippen MR) is 70.3 cm³/mol. The number of hydrogen-bond acceptors (Lipinski definition) is 3. The number of H-pyrrole nitrogens is 1. The Morgan fingerprint density at radius 1 is 1.16 bits per heavy atom. The van der Waals surface area contributed by atoms with Gasteiger partial charge in [0.25, 0.3) is 0 Å². The number of carbonyl (C=O) groups excluding carboxylic acids is 1. The molecule has 5 rings (SSSR count). The van der Waals surface area contributed by atoms with Gasteiger partial charge in [-0.2, -0.15) is 4.98 Å². The maximum atomic E-state index is 12.5. The van der Waals surface area contributed by atoms with Gasteiger partial charge in [-0.05, 0) is 62.7 Å². The summed E-state index contributed by atoms with van der Waals surface area (Å²) in [5.41, 5.74) is 0. The van der Waals surface area contributed by atoms with Crippen molar-refractivity contribution >= 4 is 11.9 Å². The highest BCUT2D eigenvalue weighted by molar-refractivity contribution is 5.91. The molecule has 0 aromatic carbocycles. The Balaban J connectivity index is 1.51. The monoisotopic (exact) mass is 260 g/mol. The number of hydrogen-bond donors (Lipinski definition) is 2. The van der Waals surface area contributed by atoms with Gasteiger partial charge in [0.15, 0.2) is 0 Å². The van der Waals surface area contributed by atoms with Gasteiger partial charge in [0, 0.05) is 5.92 Å². The molecule has 5 nitrogen and oxygen atoms in total. The molecule has 102 valence electrons. The van der Waals surface area contributed by atoms with Gasteiger partial charge in [-0.25, -0.2) is 0 Å². The first-order valence-electron chi connectivity index (χ1n) is 7.39. The zero-order valence-corrected chi connectivity index (χ0v) is 11.2. The molecule has 5 heteroatoms. The summed E-state index contributed by atoms with van der Waals surface area (Å²) in [7, 11) is 0. The van der Waals surface area contributed by atoms with Crippen LogP contribution < -0.4 is 5.32 Å². The van der Waals surface area contributed by atoms with Gasteiger partial charge in [-0.3, -0.25) is 15.2 Å². The Kier molecular flexibility index (Phi) is 2.44. The number of carbonyl (C=O) groups is 1. The standard InChI is InChI=1S/C14H20N4O/c1-7-15-14(18-17-7)16-13(19)12-10-3-8-2-9(5-10)6-11(12)4-8/h8-12H,2-6H2,1H3,(H2,15,16,17,18,19). The van der Waals surface area contributed by atoms with E-state index in [0.29, 0.717) is 17.8 Å². The lowest BCUT2D eigenvalue weighted by Gasteiger charge is -2.53. The lowest BCUT2D eigenvalue weighted by atomic mass is 9.51. The van der Waals surface area contributed by atoms with Crippen molar-refractivity contribution in [1.29, 1.82) is 0 Å². The van der Waals surface area contributed by atoms with Crippen LogP contribution in [0.2, 0.25) is 0 Å². The van der Waals surface area contributed by atoms with Crippen molar-refractivity contribution in [3.05, 3.63) is 5.82 Å². The third kappa shape index (κ3) is 1.86. The van der Waals surface area contributed by atoms with E-state index >= 15 is 0 Å². The van der Waals surface area contributed by atoms with E-state index in [2.05, 4.69) is 20.5 Å². The number of rotatable bonds is 2. The summed E-state index contributed by atoms with van der Waals surface area (Å²) >= 11 is 0. The highest BCUT2D eigenvalue weighted by Gasteiger charge is 2.50. The lowest BCUT2D eigenvalue weighted by molar-refractivity contribution is -0.132. The Morgan fingerprint density at radius 2 is 1.79 bits per heavy atom. The van der Waals surface area contributed by atoms with Crippen molar-refractivity contribution in [1.82, 2.24) is 15.2 Å². The first-order chi connectivity index (χ1) is 9.19. The van der Waals surface area contributed by atoms with Crippen molar-refractivity contribution in [2.45, 2.75) is 39.0 Å². The van der Waals surface area contributed by atoms with Gasteiger partial charge in [0.05, 0.1) is 0 Å². The van der Waals surface area contributed by atoms with E-state index in [4.69, 9.17) is 0 Å². The lowest BCUT2D eigenvalue weighted by Crippen LogP contribution is -2.49. The molecule has 0 radical (unpaired) electrons. The van der Waals surface area contributed by atoms with Gasteiger partial charge < -0.3 is 0 Å². The van der Waals surface area contributed by atoms with Gasteiger partial charge in [0.1, 0.15) is 5.82 Å². The maximum absolute atomic E-state index is 12.5. The molecule has 1 aromatic heterocycles. The molecular formula is C14H20N4O. The van der Waals surface area contributed by atoms with E-state index in [-0.39, 0.29) is 11.8 Å². The van der Waals surface area contributed by atoms with Crippen LogP contribution in [0.25, 0.3) is 0 Å². The van der Waals surface area contributed by atoms with Crippen LogP contribution in [0.4, 0.5) is 5.95 Å². The Bertz CT molecular complexity index is 481. The van der Waals surface area contributed by atoms with E-state index in [1.54, 1.807) is 0 Å². The van der Waals surface area contributed by atoms with Gasteiger partial charge in [-0.15, -0.1) is 5.10 Å². The summed E-state index contributed by atoms with van der Waals surface area (Å²) in [6, 6.07) is 0. The van der Waals surface area contributed by atoms with Crippen LogP contribution in [0.1, 0.15) is 37.9 Å². The minimum atomic E-state index is 0.146. The van der Waals surface area contributed by atoms with E-state index in [1.807, 2.05) is 6.92 Å². The number of amides is 1. The number of aromatic nitrogens is 3. The number of nitrogens with one attached hydrogen (secondary N) is 2. The van der Waals surface area contributed by atoms with E-state index in [1.165, 1.54) is 32.1 Å². The molecule has 2 N–H and O–H groups in total. The van der Waals surface area contributed by atoms with Gasteiger partial charge >= 0.3 is 0 Å². The first-order valence-corrected chi connectivity index (χ1v) is 7.39. The van der Waals surface area contributed by atoms with Crippen molar-refractivity contribution in [2.75, 3.05) is 5.32 Å². The van der Waals surface area contributed by atoms with E-state index in [0.717, 1.165) is 17.7 Å². The maximum Gasteiger partial charge on any atom is 0.248 e. The number of nitrogens with zero attached hydrogens (tertiary/aromatic N) is 2. The molecule has 1 aromatic rings. The molecular weight excluding hydrogens is 240 g/mol. The second kappa shape index (κ2) is 4.05. The molecule has 4 fully saturated rings. The quantitative estimate of drug-likeness (QED) is 0.855. The van der Waals surface area contributed by atoms with Crippen LogP contribution in [-0.4, -0.2) is 21.1 Å². The van der Waals surface area contributed by atoms with Gasteiger partial charge in [-0.1, -0.05) is 0 Å². The topological polar surface area (TPSA) is 70.7 Å². The summed E-state index contributed by atoms with van der Waals surface area (Å²) in [6.07, 6.45) is 6.47. The first kappa shape index (κ1) is 11.4.